The zero-order chi connectivity index (χ0) is 19.5. The summed E-state index contributed by atoms with van der Waals surface area (Å²) in [6, 6.07) is 5.26. The maximum absolute atomic E-state index is 11.9. The molecule has 0 aliphatic carbocycles. The zero-order valence-electron chi connectivity index (χ0n) is 14.9. The highest BCUT2D eigenvalue weighted by atomic mass is 32.2. The van der Waals surface area contributed by atoms with Crippen LogP contribution in [0.1, 0.15) is 18.9 Å². The monoisotopic (exact) mass is 395 g/mol. The van der Waals surface area contributed by atoms with Gasteiger partial charge in [-0.15, -0.1) is 0 Å². The lowest BCUT2D eigenvalue weighted by molar-refractivity contribution is -0.144. The third-order valence-corrected chi connectivity index (χ3v) is 6.17. The largest absolute Gasteiger partial charge is 0.486 e. The number of sulfone groups is 1. The summed E-state index contributed by atoms with van der Waals surface area (Å²) in [5.41, 5.74) is -0.0899. The Morgan fingerprint density at radius 1 is 1.26 bits per heavy atom. The quantitative estimate of drug-likeness (QED) is 0.578. The van der Waals surface area contributed by atoms with E-state index in [1.807, 2.05) is 0 Å². The van der Waals surface area contributed by atoms with Crippen molar-refractivity contribution in [2.45, 2.75) is 18.9 Å². The number of carbonyl (C=O) groups excluding carboxylic acids is 2. The van der Waals surface area contributed by atoms with E-state index in [1.165, 1.54) is 6.08 Å². The molecule has 3 rings (SSSR count). The average Bonchev–Trinajstić information content (AvgIpc) is 2.90. The average molecular weight is 395 g/mol. The van der Waals surface area contributed by atoms with Gasteiger partial charge in [-0.3, -0.25) is 4.79 Å². The first-order valence-corrected chi connectivity index (χ1v) is 10.3. The van der Waals surface area contributed by atoms with Crippen molar-refractivity contribution in [2.24, 2.45) is 0 Å². The van der Waals surface area contributed by atoms with Gasteiger partial charge in [0, 0.05) is 6.08 Å². The molecule has 0 spiro atoms. The number of carbonyl (C=O) groups is 2. The number of ether oxygens (including phenoxy) is 3. The number of hydrogen-bond acceptors (Lipinski definition) is 7. The highest BCUT2D eigenvalue weighted by Crippen LogP contribution is 2.31. The van der Waals surface area contributed by atoms with Gasteiger partial charge >= 0.3 is 5.97 Å². The van der Waals surface area contributed by atoms with Crippen LogP contribution in [0.2, 0.25) is 0 Å². The number of rotatable bonds is 5. The first kappa shape index (κ1) is 19.2. The van der Waals surface area contributed by atoms with Crippen LogP contribution in [-0.2, 0) is 24.2 Å². The zero-order valence-corrected chi connectivity index (χ0v) is 15.7. The minimum atomic E-state index is -3.13. The fourth-order valence-corrected chi connectivity index (χ4v) is 5.09. The summed E-state index contributed by atoms with van der Waals surface area (Å²) in [5, 5.41) is 2.62. The van der Waals surface area contributed by atoms with Gasteiger partial charge in [-0.25, -0.2) is 13.2 Å². The van der Waals surface area contributed by atoms with Crippen molar-refractivity contribution in [3.05, 3.63) is 29.8 Å². The Kier molecular flexibility index (Phi) is 5.41. The van der Waals surface area contributed by atoms with E-state index in [0.29, 0.717) is 31.1 Å². The lowest BCUT2D eigenvalue weighted by Gasteiger charge is -2.23. The van der Waals surface area contributed by atoms with Gasteiger partial charge in [0.15, 0.2) is 27.9 Å². The molecule has 1 fully saturated rings. The third-order valence-electron chi connectivity index (χ3n) is 4.27. The van der Waals surface area contributed by atoms with Crippen molar-refractivity contribution in [3.63, 3.8) is 0 Å². The molecule has 9 heteroatoms. The Morgan fingerprint density at radius 2 is 2.00 bits per heavy atom. The molecule has 1 amide bonds. The van der Waals surface area contributed by atoms with Gasteiger partial charge in [-0.1, -0.05) is 6.07 Å². The molecule has 2 aliphatic heterocycles. The van der Waals surface area contributed by atoms with E-state index in [0.717, 1.165) is 5.56 Å². The second-order valence-corrected chi connectivity index (χ2v) is 8.98. The van der Waals surface area contributed by atoms with Crippen LogP contribution in [-0.4, -0.2) is 57.2 Å². The van der Waals surface area contributed by atoms with Gasteiger partial charge in [0.1, 0.15) is 13.2 Å². The van der Waals surface area contributed by atoms with Gasteiger partial charge in [-0.05, 0) is 37.1 Å². The van der Waals surface area contributed by atoms with Crippen molar-refractivity contribution in [3.8, 4) is 11.5 Å². The van der Waals surface area contributed by atoms with E-state index in [-0.39, 0.29) is 11.5 Å². The van der Waals surface area contributed by atoms with Gasteiger partial charge in [0.05, 0.1) is 17.0 Å². The normalized spacial score (nSPS) is 23.1. The molecule has 146 valence electrons. The summed E-state index contributed by atoms with van der Waals surface area (Å²) < 4.78 is 38.9. The molecule has 2 heterocycles. The van der Waals surface area contributed by atoms with Gasteiger partial charge < -0.3 is 19.5 Å². The topological polar surface area (TPSA) is 108 Å². The van der Waals surface area contributed by atoms with Crippen LogP contribution in [0.3, 0.4) is 0 Å². The molecule has 0 bridgehead atoms. The molecule has 0 aromatic heterocycles. The molecule has 1 N–H and O–H groups in total. The van der Waals surface area contributed by atoms with Crippen LogP contribution in [0.25, 0.3) is 6.08 Å². The minimum Gasteiger partial charge on any atom is -0.486 e. The smallest absolute Gasteiger partial charge is 0.331 e. The Morgan fingerprint density at radius 3 is 2.70 bits per heavy atom. The van der Waals surface area contributed by atoms with Crippen LogP contribution in [0.15, 0.2) is 24.3 Å². The van der Waals surface area contributed by atoms with E-state index in [9.17, 15) is 18.0 Å². The number of fused-ring (bicyclic) bond motifs is 1. The third kappa shape index (κ3) is 5.22. The van der Waals surface area contributed by atoms with Crippen LogP contribution >= 0.6 is 0 Å². The predicted octanol–water partition coefficient (Wildman–Crippen LogP) is 0.708. The first-order chi connectivity index (χ1) is 12.7. The van der Waals surface area contributed by atoms with E-state index < -0.39 is 33.9 Å². The molecular weight excluding hydrogens is 374 g/mol. The Hall–Kier alpha value is -2.55. The highest BCUT2D eigenvalue weighted by Gasteiger charge is 2.39. The molecule has 0 saturated carbocycles. The molecule has 1 aromatic rings. The number of nitrogens with one attached hydrogen (secondary N) is 1. The maximum Gasteiger partial charge on any atom is 0.331 e. The Bertz CT molecular complexity index is 878. The van der Waals surface area contributed by atoms with Crippen molar-refractivity contribution >= 4 is 27.8 Å². The summed E-state index contributed by atoms with van der Waals surface area (Å²) >= 11 is 0. The fourth-order valence-electron chi connectivity index (χ4n) is 2.99. The second kappa shape index (κ2) is 7.59. The van der Waals surface area contributed by atoms with Crippen LogP contribution in [0.4, 0.5) is 0 Å². The lowest BCUT2D eigenvalue weighted by Crippen LogP contribution is -2.48. The molecule has 27 heavy (non-hydrogen) atoms. The maximum atomic E-state index is 11.9. The number of hydrogen-bond donors (Lipinski definition) is 1. The molecule has 8 nitrogen and oxygen atoms in total. The molecule has 2 aliphatic rings. The van der Waals surface area contributed by atoms with Crippen molar-refractivity contribution in [2.75, 3.05) is 31.3 Å². The second-order valence-electron chi connectivity index (χ2n) is 6.80. The summed E-state index contributed by atoms with van der Waals surface area (Å²) in [6.07, 6.45) is 3.10. The summed E-state index contributed by atoms with van der Waals surface area (Å²) in [4.78, 5) is 23.7. The molecule has 0 radical (unpaired) electrons. The van der Waals surface area contributed by atoms with E-state index >= 15 is 0 Å². The fraction of sp³-hybridized carbons (Fsp3) is 0.444. The van der Waals surface area contributed by atoms with E-state index in [4.69, 9.17) is 14.2 Å². The highest BCUT2D eigenvalue weighted by molar-refractivity contribution is 7.91. The summed E-state index contributed by atoms with van der Waals surface area (Å²) in [6.45, 7) is 2.16. The van der Waals surface area contributed by atoms with Crippen molar-refractivity contribution in [1.29, 1.82) is 0 Å². The minimum absolute atomic E-state index is 0.0435. The van der Waals surface area contributed by atoms with Crippen LogP contribution < -0.4 is 14.8 Å². The van der Waals surface area contributed by atoms with Crippen LogP contribution in [0.5, 0.6) is 11.5 Å². The van der Waals surface area contributed by atoms with E-state index in [2.05, 4.69) is 5.32 Å². The standard InChI is InChI=1S/C18H21NO7S/c1-18(6-9-27(22,23)12-18)19-16(20)11-26-17(21)5-3-13-2-4-14-15(10-13)25-8-7-24-14/h2-5,10H,6-9,11-12H2,1H3,(H,19,20)/b5-3+/t18-/m0/s1. The van der Waals surface area contributed by atoms with Crippen LogP contribution in [0, 0.1) is 0 Å². The number of benzene rings is 1. The molecule has 1 atom stereocenters. The molecular formula is C18H21NO7S. The lowest BCUT2D eigenvalue weighted by atomic mass is 10.0. The molecule has 1 aromatic carbocycles. The van der Waals surface area contributed by atoms with Gasteiger partial charge in [0.2, 0.25) is 0 Å². The summed E-state index contributed by atoms with van der Waals surface area (Å²) in [7, 11) is -3.13. The van der Waals surface area contributed by atoms with Crippen molar-refractivity contribution in [1.82, 2.24) is 5.32 Å². The van der Waals surface area contributed by atoms with Gasteiger partial charge in [-0.2, -0.15) is 0 Å². The predicted molar refractivity (Wildman–Crippen MR) is 97.2 cm³/mol. The van der Waals surface area contributed by atoms with E-state index in [1.54, 1.807) is 31.2 Å². The van der Waals surface area contributed by atoms with Crippen molar-refractivity contribution < 1.29 is 32.2 Å². The number of amides is 1. The molecule has 0 unspecified atom stereocenters. The number of esters is 1. The Balaban J connectivity index is 1.48. The summed E-state index contributed by atoms with van der Waals surface area (Å²) in [5.74, 6) is -0.0122. The molecule has 1 saturated heterocycles. The van der Waals surface area contributed by atoms with Gasteiger partial charge in [0.25, 0.3) is 5.91 Å². The Labute approximate surface area is 157 Å². The first-order valence-electron chi connectivity index (χ1n) is 8.51. The SMILES string of the molecule is C[C@]1(NC(=O)COC(=O)/C=C/c2ccc3c(c2)OCCO3)CCS(=O)(=O)C1.